The maximum absolute atomic E-state index is 5.03. The quantitative estimate of drug-likeness (QED) is 0.185. The molecule has 0 spiro atoms. The van der Waals surface area contributed by atoms with Crippen LogP contribution in [0.25, 0.3) is 56.4 Å². The molecule has 0 saturated heterocycles. The minimum Gasteiger partial charge on any atom is -0.208 e. The lowest BCUT2D eigenvalue weighted by molar-refractivity contribution is 0.770. The number of nitrogens with zero attached hydrogens (tertiary/aromatic N) is 3. The molecule has 49 heavy (non-hydrogen) atoms. The fourth-order valence-corrected chi connectivity index (χ4v) is 7.51. The molecular formula is C46H31N3. The zero-order chi connectivity index (χ0) is 32.6. The van der Waals surface area contributed by atoms with Crippen LogP contribution in [0.1, 0.15) is 22.3 Å². The van der Waals surface area contributed by atoms with E-state index < -0.39 is 5.41 Å². The first kappa shape index (κ1) is 28.7. The maximum Gasteiger partial charge on any atom is 0.164 e. The molecule has 1 aliphatic carbocycles. The first-order valence-electron chi connectivity index (χ1n) is 16.6. The second-order valence-corrected chi connectivity index (χ2v) is 12.4. The van der Waals surface area contributed by atoms with Crippen LogP contribution in [0.5, 0.6) is 0 Å². The Morgan fingerprint density at radius 3 is 1.18 bits per heavy atom. The summed E-state index contributed by atoms with van der Waals surface area (Å²) < 4.78 is 0. The topological polar surface area (TPSA) is 38.7 Å². The molecule has 7 aromatic carbocycles. The van der Waals surface area contributed by atoms with Crippen molar-refractivity contribution in [1.82, 2.24) is 15.0 Å². The van der Waals surface area contributed by atoms with Gasteiger partial charge in [-0.1, -0.05) is 182 Å². The van der Waals surface area contributed by atoms with Gasteiger partial charge in [0.05, 0.1) is 5.41 Å². The summed E-state index contributed by atoms with van der Waals surface area (Å²) in [5.41, 5.74) is 12.2. The van der Waals surface area contributed by atoms with Crippen molar-refractivity contribution in [3.8, 4) is 56.4 Å². The van der Waals surface area contributed by atoms with E-state index in [0.717, 1.165) is 22.3 Å². The highest BCUT2D eigenvalue weighted by Crippen LogP contribution is 2.57. The average Bonchev–Trinajstić information content (AvgIpc) is 3.50. The summed E-state index contributed by atoms with van der Waals surface area (Å²) in [5, 5.41) is 0. The van der Waals surface area contributed by atoms with E-state index in [4.69, 9.17) is 15.0 Å². The van der Waals surface area contributed by atoms with Crippen molar-refractivity contribution in [3.05, 3.63) is 210 Å². The Morgan fingerprint density at radius 2 is 0.653 bits per heavy atom. The van der Waals surface area contributed by atoms with Crippen LogP contribution in [-0.2, 0) is 5.41 Å². The van der Waals surface area contributed by atoms with Gasteiger partial charge in [-0.15, -0.1) is 0 Å². The van der Waals surface area contributed by atoms with Crippen LogP contribution in [0, 0.1) is 0 Å². The van der Waals surface area contributed by atoms with Gasteiger partial charge < -0.3 is 0 Å². The van der Waals surface area contributed by atoms with E-state index >= 15 is 0 Å². The minimum absolute atomic E-state index is 0.505. The molecule has 3 heteroatoms. The van der Waals surface area contributed by atoms with Crippen molar-refractivity contribution in [3.63, 3.8) is 0 Å². The van der Waals surface area contributed by atoms with Crippen molar-refractivity contribution in [2.24, 2.45) is 0 Å². The minimum atomic E-state index is -0.505. The smallest absolute Gasteiger partial charge is 0.164 e. The number of hydrogen-bond acceptors (Lipinski definition) is 3. The second-order valence-electron chi connectivity index (χ2n) is 12.4. The van der Waals surface area contributed by atoms with Gasteiger partial charge in [0, 0.05) is 16.7 Å². The molecule has 0 radical (unpaired) electrons. The normalized spacial score (nSPS) is 12.7. The van der Waals surface area contributed by atoms with Crippen molar-refractivity contribution in [2.45, 2.75) is 5.41 Å². The van der Waals surface area contributed by atoms with Gasteiger partial charge in [-0.05, 0) is 50.6 Å². The Morgan fingerprint density at radius 1 is 0.286 bits per heavy atom. The zero-order valence-electron chi connectivity index (χ0n) is 26.7. The number of rotatable bonds is 6. The highest BCUT2D eigenvalue weighted by molar-refractivity contribution is 5.89. The molecule has 0 unspecified atom stereocenters. The van der Waals surface area contributed by atoms with Crippen LogP contribution >= 0.6 is 0 Å². The molecule has 1 heterocycles. The molecule has 0 amide bonds. The monoisotopic (exact) mass is 625 g/mol. The van der Waals surface area contributed by atoms with Gasteiger partial charge in [0.2, 0.25) is 0 Å². The second kappa shape index (κ2) is 12.0. The molecule has 0 bridgehead atoms. The summed E-state index contributed by atoms with van der Waals surface area (Å²) in [6.45, 7) is 0. The maximum atomic E-state index is 5.03. The van der Waals surface area contributed by atoms with Crippen molar-refractivity contribution < 1.29 is 0 Å². The molecule has 0 atom stereocenters. The van der Waals surface area contributed by atoms with Crippen LogP contribution in [-0.4, -0.2) is 15.0 Å². The van der Waals surface area contributed by atoms with E-state index in [0.29, 0.717) is 17.5 Å². The van der Waals surface area contributed by atoms with Gasteiger partial charge in [-0.25, -0.2) is 15.0 Å². The van der Waals surface area contributed by atoms with E-state index in [1.807, 2.05) is 60.7 Å². The molecule has 0 aliphatic heterocycles. The largest absolute Gasteiger partial charge is 0.208 e. The number of aromatic nitrogens is 3. The van der Waals surface area contributed by atoms with Gasteiger partial charge in [0.15, 0.2) is 17.5 Å². The van der Waals surface area contributed by atoms with E-state index in [2.05, 4.69) is 127 Å². The molecule has 0 fully saturated rings. The molecule has 230 valence electrons. The highest BCUT2D eigenvalue weighted by Gasteiger charge is 2.46. The summed E-state index contributed by atoms with van der Waals surface area (Å²) >= 11 is 0. The van der Waals surface area contributed by atoms with E-state index in [-0.39, 0.29) is 0 Å². The van der Waals surface area contributed by atoms with Crippen molar-refractivity contribution in [1.29, 1.82) is 0 Å². The molecular weight excluding hydrogens is 595 g/mol. The van der Waals surface area contributed by atoms with Crippen molar-refractivity contribution >= 4 is 0 Å². The first-order chi connectivity index (χ1) is 24.3. The lowest BCUT2D eigenvalue weighted by Gasteiger charge is -2.35. The van der Waals surface area contributed by atoms with Gasteiger partial charge in [-0.3, -0.25) is 0 Å². The van der Waals surface area contributed by atoms with E-state index in [1.165, 1.54) is 38.9 Å². The summed E-state index contributed by atoms with van der Waals surface area (Å²) in [7, 11) is 0. The summed E-state index contributed by atoms with van der Waals surface area (Å²) in [5.74, 6) is 1.94. The first-order valence-corrected chi connectivity index (χ1v) is 16.6. The zero-order valence-corrected chi connectivity index (χ0v) is 26.7. The SMILES string of the molecule is c1ccc(-c2nc(-c3ccccc3)nc(-c3cccc(-c4ccccc4C4(c5ccccc5)c5ccccc5-c5ccccc54)c3)n2)cc1. The molecule has 1 aromatic heterocycles. The Hall–Kier alpha value is -6.45. The molecule has 8 aromatic rings. The Labute approximate surface area is 286 Å². The van der Waals surface area contributed by atoms with Gasteiger partial charge in [0.1, 0.15) is 0 Å². The molecule has 1 aliphatic rings. The van der Waals surface area contributed by atoms with Gasteiger partial charge >= 0.3 is 0 Å². The van der Waals surface area contributed by atoms with Crippen LogP contribution in [0.15, 0.2) is 188 Å². The summed E-state index contributed by atoms with van der Waals surface area (Å²) in [4.78, 5) is 15.0. The van der Waals surface area contributed by atoms with Crippen LogP contribution < -0.4 is 0 Å². The van der Waals surface area contributed by atoms with Gasteiger partial charge in [-0.2, -0.15) is 0 Å². The van der Waals surface area contributed by atoms with Crippen LogP contribution in [0.2, 0.25) is 0 Å². The van der Waals surface area contributed by atoms with Crippen LogP contribution in [0.3, 0.4) is 0 Å². The lowest BCUT2D eigenvalue weighted by Crippen LogP contribution is -2.29. The third kappa shape index (κ3) is 4.78. The molecule has 0 saturated carbocycles. The Kier molecular flexibility index (Phi) is 7.02. The average molecular weight is 626 g/mol. The summed E-state index contributed by atoms with van der Waals surface area (Å²) in [6.07, 6.45) is 0. The van der Waals surface area contributed by atoms with Crippen LogP contribution in [0.4, 0.5) is 0 Å². The number of fused-ring (bicyclic) bond motifs is 3. The van der Waals surface area contributed by atoms with E-state index in [9.17, 15) is 0 Å². The number of benzene rings is 7. The third-order valence-corrected chi connectivity index (χ3v) is 9.62. The third-order valence-electron chi connectivity index (χ3n) is 9.62. The molecule has 9 rings (SSSR count). The van der Waals surface area contributed by atoms with Crippen molar-refractivity contribution in [2.75, 3.05) is 0 Å². The van der Waals surface area contributed by atoms with Gasteiger partial charge in [0.25, 0.3) is 0 Å². The predicted octanol–water partition coefficient (Wildman–Crippen LogP) is 10.9. The highest BCUT2D eigenvalue weighted by atomic mass is 15.0. The van der Waals surface area contributed by atoms with E-state index in [1.54, 1.807) is 0 Å². The fraction of sp³-hybridized carbons (Fsp3) is 0.0217. The lowest BCUT2D eigenvalue weighted by atomic mass is 9.66. The number of hydrogen-bond donors (Lipinski definition) is 0. The fourth-order valence-electron chi connectivity index (χ4n) is 7.51. The molecule has 3 nitrogen and oxygen atoms in total. The Bertz CT molecular complexity index is 2330. The predicted molar refractivity (Wildman–Crippen MR) is 199 cm³/mol. The Balaban J connectivity index is 1.26. The standard InChI is InChI=1S/C46H31N3/c1-4-17-32(18-5-1)43-47-44(33-19-6-2-7-20-33)49-45(48-43)35-22-16-21-34(31-35)37-25-10-13-28-40(37)46(36-23-8-3-9-24-36)41-29-14-11-26-38(41)39-27-12-15-30-42(39)46/h1-31H. The molecule has 0 N–H and O–H groups in total. The summed E-state index contributed by atoms with van der Waals surface area (Å²) in [6, 6.07) is 66.4.